The molecule has 2 saturated heterocycles. The Morgan fingerprint density at radius 2 is 1.85 bits per heavy atom. The highest BCUT2D eigenvalue weighted by molar-refractivity contribution is 6.05. The molecule has 1 aromatic rings. The SMILES string of the molecule is O=C1CCC(N2Cc3cc(C4CC5(CCNCC5)C4)ccc3C2=O)C(=O)N1. The van der Waals surface area contributed by atoms with E-state index in [1.165, 1.54) is 31.2 Å². The van der Waals surface area contributed by atoms with Gasteiger partial charge in [-0.25, -0.2) is 0 Å². The number of amides is 3. The van der Waals surface area contributed by atoms with Crippen LogP contribution in [0, 0.1) is 5.41 Å². The van der Waals surface area contributed by atoms with Gasteiger partial charge in [-0.15, -0.1) is 0 Å². The molecule has 6 nitrogen and oxygen atoms in total. The first-order valence-corrected chi connectivity index (χ1v) is 10.0. The summed E-state index contributed by atoms with van der Waals surface area (Å²) in [6.07, 6.45) is 5.75. The average molecular weight is 367 g/mol. The molecule has 142 valence electrons. The number of piperidine rings is 2. The molecule has 3 aliphatic heterocycles. The molecular weight excluding hydrogens is 342 g/mol. The van der Waals surface area contributed by atoms with Gasteiger partial charge in [0.05, 0.1) is 0 Å². The number of fused-ring (bicyclic) bond motifs is 1. The summed E-state index contributed by atoms with van der Waals surface area (Å²) in [6, 6.07) is 5.68. The zero-order valence-electron chi connectivity index (χ0n) is 15.4. The molecule has 1 atom stereocenters. The van der Waals surface area contributed by atoms with Crippen LogP contribution in [0.4, 0.5) is 0 Å². The zero-order valence-corrected chi connectivity index (χ0v) is 15.4. The molecule has 1 saturated carbocycles. The standard InChI is InChI=1S/C21H25N3O3/c25-18-4-3-17(19(26)23-18)24-12-14-9-13(1-2-16(14)20(24)27)15-10-21(11-15)5-7-22-8-6-21/h1-2,9,15,17,22H,3-8,10-12H2,(H,23,25,26). The second-order valence-electron chi connectivity index (χ2n) is 8.67. The molecule has 3 amide bonds. The third kappa shape index (κ3) is 2.78. The van der Waals surface area contributed by atoms with Gasteiger partial charge in [-0.2, -0.15) is 0 Å². The van der Waals surface area contributed by atoms with Gasteiger partial charge in [0.1, 0.15) is 6.04 Å². The van der Waals surface area contributed by atoms with Crippen LogP contribution in [0.2, 0.25) is 0 Å². The van der Waals surface area contributed by atoms with E-state index in [0.29, 0.717) is 36.3 Å². The van der Waals surface area contributed by atoms with Crippen molar-refractivity contribution in [2.24, 2.45) is 5.41 Å². The molecule has 0 bridgehead atoms. The van der Waals surface area contributed by atoms with Gasteiger partial charge >= 0.3 is 0 Å². The average Bonchev–Trinajstić information content (AvgIpc) is 2.96. The number of hydrogen-bond acceptors (Lipinski definition) is 4. The van der Waals surface area contributed by atoms with Crippen LogP contribution >= 0.6 is 0 Å². The Hall–Kier alpha value is -2.21. The Morgan fingerprint density at radius 1 is 1.07 bits per heavy atom. The van der Waals surface area contributed by atoms with Crippen molar-refractivity contribution in [3.63, 3.8) is 0 Å². The monoisotopic (exact) mass is 367 g/mol. The second-order valence-corrected chi connectivity index (χ2v) is 8.67. The fourth-order valence-electron chi connectivity index (χ4n) is 5.43. The Kier molecular flexibility index (Phi) is 3.86. The first kappa shape index (κ1) is 16.9. The molecule has 4 aliphatic rings. The van der Waals surface area contributed by atoms with E-state index in [1.54, 1.807) is 4.90 Å². The minimum atomic E-state index is -0.534. The van der Waals surface area contributed by atoms with Gasteiger partial charge in [0.25, 0.3) is 5.91 Å². The number of rotatable bonds is 2. The van der Waals surface area contributed by atoms with Crippen LogP contribution in [0.25, 0.3) is 0 Å². The minimum absolute atomic E-state index is 0.0884. The van der Waals surface area contributed by atoms with E-state index < -0.39 is 6.04 Å². The summed E-state index contributed by atoms with van der Waals surface area (Å²) in [5, 5.41) is 5.80. The number of benzene rings is 1. The predicted molar refractivity (Wildman–Crippen MR) is 99.0 cm³/mol. The summed E-state index contributed by atoms with van der Waals surface area (Å²) < 4.78 is 0. The first-order valence-electron chi connectivity index (χ1n) is 10.0. The molecular formula is C21H25N3O3. The molecule has 2 N–H and O–H groups in total. The van der Waals surface area contributed by atoms with E-state index in [2.05, 4.69) is 22.8 Å². The maximum Gasteiger partial charge on any atom is 0.255 e. The van der Waals surface area contributed by atoms with E-state index in [1.807, 2.05) is 6.07 Å². The minimum Gasteiger partial charge on any atom is -0.322 e. The maximum atomic E-state index is 12.8. The van der Waals surface area contributed by atoms with Gasteiger partial charge < -0.3 is 10.2 Å². The molecule has 3 heterocycles. The number of hydrogen-bond donors (Lipinski definition) is 2. The number of nitrogens with one attached hydrogen (secondary N) is 2. The Morgan fingerprint density at radius 3 is 2.59 bits per heavy atom. The Bertz CT molecular complexity index is 820. The van der Waals surface area contributed by atoms with Gasteiger partial charge in [-0.05, 0) is 73.7 Å². The summed E-state index contributed by atoms with van der Waals surface area (Å²) in [4.78, 5) is 38.0. The van der Waals surface area contributed by atoms with Crippen LogP contribution in [0.15, 0.2) is 18.2 Å². The molecule has 5 rings (SSSR count). The summed E-state index contributed by atoms with van der Waals surface area (Å²) in [5.74, 6) is -0.0957. The number of carbonyl (C=O) groups excluding carboxylic acids is 3. The van der Waals surface area contributed by atoms with Crippen molar-refractivity contribution in [2.45, 2.75) is 57.0 Å². The van der Waals surface area contributed by atoms with Crippen LogP contribution in [-0.4, -0.2) is 41.8 Å². The van der Waals surface area contributed by atoms with Gasteiger partial charge in [0.15, 0.2) is 0 Å². The van der Waals surface area contributed by atoms with Crippen molar-refractivity contribution in [3.8, 4) is 0 Å². The lowest BCUT2D eigenvalue weighted by Gasteiger charge is -2.50. The summed E-state index contributed by atoms with van der Waals surface area (Å²) >= 11 is 0. The Labute approximate surface area is 158 Å². The van der Waals surface area contributed by atoms with Crippen LogP contribution in [-0.2, 0) is 16.1 Å². The molecule has 6 heteroatoms. The van der Waals surface area contributed by atoms with Crippen molar-refractivity contribution in [1.29, 1.82) is 0 Å². The van der Waals surface area contributed by atoms with Crippen LogP contribution < -0.4 is 10.6 Å². The van der Waals surface area contributed by atoms with Gasteiger partial charge in [-0.1, -0.05) is 12.1 Å². The van der Waals surface area contributed by atoms with Crippen molar-refractivity contribution < 1.29 is 14.4 Å². The summed E-state index contributed by atoms with van der Waals surface area (Å²) in [6.45, 7) is 2.73. The molecule has 1 aliphatic carbocycles. The quantitative estimate of drug-likeness (QED) is 0.780. The highest BCUT2D eigenvalue weighted by Crippen LogP contribution is 2.56. The van der Waals surface area contributed by atoms with Crippen molar-refractivity contribution in [3.05, 3.63) is 34.9 Å². The summed E-state index contributed by atoms with van der Waals surface area (Å²) in [7, 11) is 0. The number of nitrogens with zero attached hydrogens (tertiary/aromatic N) is 1. The predicted octanol–water partition coefficient (Wildman–Crippen LogP) is 1.69. The number of imide groups is 1. The fourth-order valence-corrected chi connectivity index (χ4v) is 5.43. The smallest absolute Gasteiger partial charge is 0.255 e. The molecule has 3 fully saturated rings. The van der Waals surface area contributed by atoms with E-state index >= 15 is 0 Å². The van der Waals surface area contributed by atoms with E-state index in [9.17, 15) is 14.4 Å². The summed E-state index contributed by atoms with van der Waals surface area (Å²) in [5.41, 5.74) is 3.59. The normalized spacial score (nSPS) is 27.5. The highest BCUT2D eigenvalue weighted by Gasteiger charge is 2.45. The van der Waals surface area contributed by atoms with E-state index in [-0.39, 0.29) is 17.7 Å². The molecule has 0 aromatic heterocycles. The Balaban J connectivity index is 1.31. The lowest BCUT2D eigenvalue weighted by Crippen LogP contribution is -2.52. The molecule has 1 spiro atoms. The number of carbonyl (C=O) groups is 3. The van der Waals surface area contributed by atoms with Crippen molar-refractivity contribution in [2.75, 3.05) is 13.1 Å². The van der Waals surface area contributed by atoms with E-state index in [0.717, 1.165) is 18.7 Å². The zero-order chi connectivity index (χ0) is 18.6. The molecule has 27 heavy (non-hydrogen) atoms. The topological polar surface area (TPSA) is 78.5 Å². The van der Waals surface area contributed by atoms with Gasteiger partial charge in [0, 0.05) is 18.5 Å². The molecule has 1 aromatic carbocycles. The molecule has 0 radical (unpaired) electrons. The highest BCUT2D eigenvalue weighted by atomic mass is 16.2. The van der Waals surface area contributed by atoms with Gasteiger partial charge in [0.2, 0.25) is 11.8 Å². The van der Waals surface area contributed by atoms with Crippen LogP contribution in [0.1, 0.15) is 65.9 Å². The van der Waals surface area contributed by atoms with Crippen LogP contribution in [0.5, 0.6) is 0 Å². The second kappa shape index (κ2) is 6.16. The molecule has 1 unspecified atom stereocenters. The van der Waals surface area contributed by atoms with Crippen molar-refractivity contribution >= 4 is 17.7 Å². The van der Waals surface area contributed by atoms with Crippen LogP contribution in [0.3, 0.4) is 0 Å². The maximum absolute atomic E-state index is 12.8. The van der Waals surface area contributed by atoms with Crippen molar-refractivity contribution in [1.82, 2.24) is 15.5 Å². The largest absolute Gasteiger partial charge is 0.322 e. The lowest BCUT2D eigenvalue weighted by molar-refractivity contribution is -0.136. The third-order valence-corrected chi connectivity index (χ3v) is 7.04. The van der Waals surface area contributed by atoms with Gasteiger partial charge in [-0.3, -0.25) is 19.7 Å². The third-order valence-electron chi connectivity index (χ3n) is 7.04. The lowest BCUT2D eigenvalue weighted by atomic mass is 9.56. The fraction of sp³-hybridized carbons (Fsp3) is 0.571. The first-order chi connectivity index (χ1) is 13.0. The van der Waals surface area contributed by atoms with E-state index in [4.69, 9.17) is 0 Å².